The van der Waals surface area contributed by atoms with E-state index in [1.54, 1.807) is 0 Å². The van der Waals surface area contributed by atoms with Gasteiger partial charge in [-0.15, -0.1) is 0 Å². The Kier molecular flexibility index (Phi) is 14.5. The number of ether oxygens (including phenoxy) is 4. The minimum atomic E-state index is -1.85. The van der Waals surface area contributed by atoms with Gasteiger partial charge in [0.05, 0.1) is 5.41 Å². The van der Waals surface area contributed by atoms with Gasteiger partial charge in [-0.25, -0.2) is 14.4 Å². The first-order valence-electron chi connectivity index (χ1n) is 20.3. The highest BCUT2D eigenvalue weighted by molar-refractivity contribution is 6.53. The van der Waals surface area contributed by atoms with E-state index in [9.17, 15) is 19.2 Å². The Balaban J connectivity index is 1.52. The topological polar surface area (TPSA) is 134 Å². The van der Waals surface area contributed by atoms with Gasteiger partial charge in [-0.05, 0) is 117 Å². The number of fused-ring (bicyclic) bond motifs is 7. The second-order valence-corrected chi connectivity index (χ2v) is 22.5. The molecule has 0 aromatic carbocycles. The third-order valence-corrected chi connectivity index (χ3v) is 17.2. The van der Waals surface area contributed by atoms with Crippen LogP contribution in [0.4, 0.5) is 0 Å². The van der Waals surface area contributed by atoms with E-state index in [0.29, 0.717) is 24.7 Å². The number of esters is 4. The van der Waals surface area contributed by atoms with Crippen LogP contribution in [0.1, 0.15) is 113 Å². The molecule has 0 spiro atoms. The maximum absolute atomic E-state index is 15.3. The summed E-state index contributed by atoms with van der Waals surface area (Å²) in [5, 5.41) is 3.05. The lowest BCUT2D eigenvalue weighted by Gasteiger charge is -2.73. The van der Waals surface area contributed by atoms with Gasteiger partial charge >= 0.3 is 23.9 Å². The van der Waals surface area contributed by atoms with Crippen molar-refractivity contribution in [2.75, 3.05) is 19.8 Å². The molecule has 0 heterocycles. The monoisotopic (exact) mass is 931 g/mol. The van der Waals surface area contributed by atoms with Gasteiger partial charge in [-0.2, -0.15) is 0 Å². The number of amides is 1. The summed E-state index contributed by atoms with van der Waals surface area (Å²) in [6.07, 6.45) is 8.38. The lowest BCUT2D eigenvalue weighted by molar-refractivity contribution is -0.249. The third-order valence-electron chi connectivity index (χ3n) is 16.2. The zero-order chi connectivity index (χ0) is 43.4. The van der Waals surface area contributed by atoms with Gasteiger partial charge in [-0.3, -0.25) is 9.59 Å². The molecule has 1 amide bonds. The van der Waals surface area contributed by atoms with Crippen LogP contribution in [-0.2, 0) is 42.9 Å². The quantitative estimate of drug-likeness (QED) is 0.0830. The highest BCUT2D eigenvalue weighted by Gasteiger charge is 2.72. The molecule has 0 aliphatic heterocycles. The molecule has 0 radical (unpaired) electrons. The molecule has 5 saturated carbocycles. The lowest BCUT2D eigenvalue weighted by atomic mass is 9.32. The van der Waals surface area contributed by atoms with Crippen LogP contribution in [0.2, 0.25) is 0 Å². The van der Waals surface area contributed by atoms with E-state index >= 15 is 4.79 Å². The standard InChI is InChI=1S/C42H59Cl6NO9/c1-22(2)24-11-16-42(36(54)49-41(19-55-33(51)30(43)44,20-56-34(52)31(45)46)21-57-35(53)32(47)48)18-17-39(7)25(29(24)42)9-10-27-38(6)14-13-28(58-23(3)50)37(4,5)26(38)12-15-40(27,39)8/h24-32H,1,9-21H2,2-8H3,(H,49,54)/t24-,25+,26-,27+,28-,29+,38-,39+,40+,42-/m0/s1. The average molecular weight is 935 g/mol. The molecule has 5 fully saturated rings. The molecule has 5 aliphatic rings. The summed E-state index contributed by atoms with van der Waals surface area (Å²) >= 11 is 34.8. The minimum Gasteiger partial charge on any atom is -0.462 e. The minimum absolute atomic E-state index is 0.0320. The first-order valence-corrected chi connectivity index (χ1v) is 22.9. The first kappa shape index (κ1) is 47.9. The van der Waals surface area contributed by atoms with Crippen LogP contribution in [0.3, 0.4) is 0 Å². The summed E-state index contributed by atoms with van der Waals surface area (Å²) < 4.78 is 22.2. The van der Waals surface area contributed by atoms with Crippen molar-refractivity contribution in [3.63, 3.8) is 0 Å². The van der Waals surface area contributed by atoms with Crippen molar-refractivity contribution in [2.45, 2.75) is 139 Å². The van der Waals surface area contributed by atoms with Crippen molar-refractivity contribution in [1.29, 1.82) is 0 Å². The van der Waals surface area contributed by atoms with E-state index < -0.39 is 63.2 Å². The number of allylic oxidation sites excluding steroid dienone is 1. The van der Waals surface area contributed by atoms with Gasteiger partial charge in [0.15, 0.2) is 0 Å². The molecule has 5 aliphatic carbocycles. The molecule has 0 unspecified atom stereocenters. The molecule has 58 heavy (non-hydrogen) atoms. The third kappa shape index (κ3) is 8.49. The SMILES string of the molecule is C=C(C)[C@@H]1CC[C@]2(C(=O)NC(COC(=O)C(Cl)Cl)(COC(=O)C(Cl)Cl)COC(=O)C(Cl)Cl)CC[C@]3(C)[C@H](CC[C@@H]4[C@@]5(C)CC[C@H](OC(C)=O)C(C)(C)[C@@H]5CC[C@]43C)[C@@H]12. The van der Waals surface area contributed by atoms with Gasteiger partial charge in [0.25, 0.3) is 0 Å². The van der Waals surface area contributed by atoms with E-state index in [-0.39, 0.29) is 57.4 Å². The number of alkyl halides is 6. The number of hydrogen-bond donors (Lipinski definition) is 1. The van der Waals surface area contributed by atoms with Crippen molar-refractivity contribution in [3.05, 3.63) is 12.2 Å². The maximum atomic E-state index is 15.3. The van der Waals surface area contributed by atoms with Crippen LogP contribution in [0.5, 0.6) is 0 Å². The molecular weight excluding hydrogens is 875 g/mol. The molecular formula is C42H59Cl6NO9. The fourth-order valence-corrected chi connectivity index (χ4v) is 13.7. The molecule has 5 rings (SSSR count). The van der Waals surface area contributed by atoms with E-state index in [4.69, 9.17) is 88.6 Å². The number of carbonyl (C=O) groups excluding carboxylic acids is 5. The Morgan fingerprint density at radius 2 is 1.21 bits per heavy atom. The van der Waals surface area contributed by atoms with Crippen molar-refractivity contribution in [3.8, 4) is 0 Å². The van der Waals surface area contributed by atoms with Crippen molar-refractivity contribution in [1.82, 2.24) is 5.32 Å². The molecule has 10 nitrogen and oxygen atoms in total. The molecule has 0 saturated heterocycles. The summed E-state index contributed by atoms with van der Waals surface area (Å²) in [5.41, 5.74) is -2.00. The zero-order valence-electron chi connectivity index (χ0n) is 34.5. The predicted molar refractivity (Wildman–Crippen MR) is 225 cm³/mol. The Morgan fingerprint density at radius 1 is 0.672 bits per heavy atom. The molecule has 0 aromatic heterocycles. The Bertz CT molecular complexity index is 1580. The highest BCUT2D eigenvalue weighted by Crippen LogP contribution is 2.77. The van der Waals surface area contributed by atoms with Crippen LogP contribution in [0.15, 0.2) is 12.2 Å². The largest absolute Gasteiger partial charge is 0.462 e. The summed E-state index contributed by atoms with van der Waals surface area (Å²) in [6.45, 7) is 18.0. The summed E-state index contributed by atoms with van der Waals surface area (Å²) in [6, 6.07) is 0. The Morgan fingerprint density at radius 3 is 1.69 bits per heavy atom. The number of carbonyl (C=O) groups is 5. The molecule has 10 atom stereocenters. The van der Waals surface area contributed by atoms with Gasteiger partial charge in [-0.1, -0.05) is 116 Å². The van der Waals surface area contributed by atoms with Crippen LogP contribution in [0, 0.1) is 56.7 Å². The molecule has 1 N–H and O–H groups in total. The molecule has 0 bridgehead atoms. The highest BCUT2D eigenvalue weighted by atomic mass is 35.5. The van der Waals surface area contributed by atoms with Crippen LogP contribution < -0.4 is 5.32 Å². The summed E-state index contributed by atoms with van der Waals surface area (Å²) in [4.78, 5) is 60.5. The van der Waals surface area contributed by atoms with Crippen LogP contribution in [0.25, 0.3) is 0 Å². The normalized spacial score (nSPS) is 36.5. The summed E-state index contributed by atoms with van der Waals surface area (Å²) in [7, 11) is 0. The number of rotatable bonds is 13. The fourth-order valence-electron chi connectivity index (χ4n) is 13.3. The smallest absolute Gasteiger partial charge is 0.339 e. The Labute approximate surface area is 373 Å². The second kappa shape index (κ2) is 17.5. The lowest BCUT2D eigenvalue weighted by Crippen LogP contribution is -2.68. The predicted octanol–water partition coefficient (Wildman–Crippen LogP) is 9.47. The molecule has 328 valence electrons. The number of nitrogens with one attached hydrogen (secondary N) is 1. The molecule has 16 heteroatoms. The maximum Gasteiger partial charge on any atom is 0.339 e. The van der Waals surface area contributed by atoms with E-state index in [1.165, 1.54) is 6.92 Å². The first-order chi connectivity index (χ1) is 26.8. The molecule has 0 aromatic rings. The van der Waals surface area contributed by atoms with Crippen molar-refractivity contribution < 1.29 is 42.9 Å². The van der Waals surface area contributed by atoms with Gasteiger partial charge in [0.2, 0.25) is 20.4 Å². The van der Waals surface area contributed by atoms with Gasteiger partial charge in [0, 0.05) is 12.3 Å². The average Bonchev–Trinajstić information content (AvgIpc) is 3.54. The van der Waals surface area contributed by atoms with Crippen molar-refractivity contribution in [2.24, 2.45) is 56.7 Å². The van der Waals surface area contributed by atoms with Crippen molar-refractivity contribution >= 4 is 99.4 Å². The fraction of sp³-hybridized carbons (Fsp3) is 0.833. The van der Waals surface area contributed by atoms with E-state index in [1.807, 2.05) is 6.92 Å². The summed E-state index contributed by atoms with van der Waals surface area (Å²) in [5.74, 6) is -2.74. The zero-order valence-corrected chi connectivity index (χ0v) is 39.1. The number of hydrogen-bond acceptors (Lipinski definition) is 9. The van der Waals surface area contributed by atoms with Gasteiger partial charge < -0.3 is 24.3 Å². The second-order valence-electron chi connectivity index (χ2n) is 19.3. The Hall–Kier alpha value is -1.17. The van der Waals surface area contributed by atoms with Crippen LogP contribution in [-0.4, -0.2) is 75.8 Å². The number of halogens is 6. The van der Waals surface area contributed by atoms with Gasteiger partial charge in [0.1, 0.15) is 31.5 Å². The van der Waals surface area contributed by atoms with E-state index in [2.05, 4.69) is 46.5 Å². The van der Waals surface area contributed by atoms with Crippen LogP contribution >= 0.6 is 69.6 Å². The van der Waals surface area contributed by atoms with E-state index in [0.717, 1.165) is 56.9 Å².